The van der Waals surface area contributed by atoms with Crippen molar-refractivity contribution in [3.8, 4) is 0 Å². The second-order valence-electron chi connectivity index (χ2n) is 7.26. The van der Waals surface area contributed by atoms with Crippen molar-refractivity contribution in [3.05, 3.63) is 59.7 Å². The first-order valence-corrected chi connectivity index (χ1v) is 10.5. The molecule has 0 fully saturated rings. The van der Waals surface area contributed by atoms with E-state index in [2.05, 4.69) is 5.32 Å². The lowest BCUT2D eigenvalue weighted by Gasteiger charge is -2.26. The van der Waals surface area contributed by atoms with Gasteiger partial charge >= 0.3 is 6.18 Å². The molecule has 0 saturated heterocycles. The Hall–Kier alpha value is -3.07. The van der Waals surface area contributed by atoms with E-state index in [1.807, 2.05) is 0 Å². The topological polar surface area (TPSA) is 81.7 Å². The summed E-state index contributed by atoms with van der Waals surface area (Å²) in [7, 11) is 0. The molecule has 0 bridgehead atoms. The van der Waals surface area contributed by atoms with Crippen LogP contribution in [0.2, 0.25) is 0 Å². The van der Waals surface area contributed by atoms with Gasteiger partial charge in [-0.3, -0.25) is 14.8 Å². The van der Waals surface area contributed by atoms with E-state index in [-0.39, 0.29) is 18.0 Å². The number of alkyl halides is 3. The Morgan fingerprint density at radius 1 is 0.969 bits per heavy atom. The van der Waals surface area contributed by atoms with Crippen molar-refractivity contribution in [2.45, 2.75) is 45.2 Å². The van der Waals surface area contributed by atoms with Gasteiger partial charge in [0.15, 0.2) is 0 Å². The van der Waals surface area contributed by atoms with E-state index in [9.17, 15) is 22.8 Å². The molecular weight excluding hydrogens is 423 g/mol. The Morgan fingerprint density at radius 2 is 1.62 bits per heavy atom. The number of halogens is 3. The number of hydroxylamine groups is 1. The summed E-state index contributed by atoms with van der Waals surface area (Å²) in [5.41, 5.74) is 1.93. The molecule has 0 spiro atoms. The number of carbonyl (C=O) groups is 2. The molecule has 3 N–H and O–H groups in total. The van der Waals surface area contributed by atoms with E-state index in [1.54, 1.807) is 47.6 Å². The van der Waals surface area contributed by atoms with Crippen LogP contribution in [0.25, 0.3) is 0 Å². The van der Waals surface area contributed by atoms with Gasteiger partial charge in [0.05, 0.1) is 11.3 Å². The van der Waals surface area contributed by atoms with E-state index >= 15 is 0 Å². The van der Waals surface area contributed by atoms with Crippen LogP contribution in [-0.4, -0.2) is 30.1 Å². The monoisotopic (exact) mass is 451 g/mol. The molecule has 0 atom stereocenters. The number of nitrogens with zero attached hydrogens (tertiary/aromatic N) is 1. The molecule has 0 unspecified atom stereocenters. The lowest BCUT2D eigenvalue weighted by atomic mass is 10.1. The molecule has 2 aromatic carbocycles. The summed E-state index contributed by atoms with van der Waals surface area (Å²) in [6.07, 6.45) is -1.14. The highest BCUT2D eigenvalue weighted by molar-refractivity contribution is 5.94. The van der Waals surface area contributed by atoms with E-state index in [1.165, 1.54) is 12.1 Å². The van der Waals surface area contributed by atoms with Crippen molar-refractivity contribution in [2.24, 2.45) is 0 Å². The Kier molecular flexibility index (Phi) is 9.52. The Balaban J connectivity index is 1.92. The van der Waals surface area contributed by atoms with Gasteiger partial charge in [-0.1, -0.05) is 25.0 Å². The number of carbonyl (C=O) groups excluding carboxylic acids is 2. The second kappa shape index (κ2) is 12.1. The minimum atomic E-state index is -4.46. The number of para-hydroxylation sites is 1. The fraction of sp³-hybridized carbons (Fsp3) is 0.391. The minimum absolute atomic E-state index is 0.0659. The third-order valence-electron chi connectivity index (χ3n) is 5.00. The average Bonchev–Trinajstić information content (AvgIpc) is 2.78. The van der Waals surface area contributed by atoms with E-state index in [0.717, 1.165) is 25.3 Å². The highest BCUT2D eigenvalue weighted by Gasteiger charge is 2.34. The molecule has 0 aliphatic rings. The predicted octanol–water partition coefficient (Wildman–Crippen LogP) is 5.05. The second-order valence-corrected chi connectivity index (χ2v) is 7.26. The molecular formula is C23H28F3N3O3. The first-order valence-electron chi connectivity index (χ1n) is 10.5. The van der Waals surface area contributed by atoms with Crippen LogP contribution < -0.4 is 15.7 Å². The van der Waals surface area contributed by atoms with Gasteiger partial charge in [0.1, 0.15) is 0 Å². The first-order chi connectivity index (χ1) is 15.3. The molecule has 0 saturated carbocycles. The summed E-state index contributed by atoms with van der Waals surface area (Å²) < 4.78 is 40.2. The molecule has 6 nitrogen and oxygen atoms in total. The van der Waals surface area contributed by atoms with Crippen molar-refractivity contribution < 1.29 is 28.0 Å². The van der Waals surface area contributed by atoms with Crippen LogP contribution >= 0.6 is 0 Å². The van der Waals surface area contributed by atoms with Gasteiger partial charge in [-0.2, -0.15) is 13.2 Å². The SMILES string of the molecule is CCN(c1ccc(C(=O)NCCCCCCC(=O)NO)cc1)c1ccccc1C(F)(F)F. The molecule has 2 aromatic rings. The number of unbranched alkanes of at least 4 members (excludes halogenated alkanes) is 3. The zero-order chi connectivity index (χ0) is 23.6. The molecule has 0 aliphatic heterocycles. The lowest BCUT2D eigenvalue weighted by Crippen LogP contribution is -2.24. The Bertz CT molecular complexity index is 886. The molecule has 0 heterocycles. The van der Waals surface area contributed by atoms with Crippen LogP contribution in [0, 0.1) is 0 Å². The number of hydrogen-bond donors (Lipinski definition) is 3. The molecule has 0 aromatic heterocycles. The Labute approximate surface area is 185 Å². The van der Waals surface area contributed by atoms with Crippen LogP contribution in [0.15, 0.2) is 48.5 Å². The van der Waals surface area contributed by atoms with Crippen molar-refractivity contribution in [3.63, 3.8) is 0 Å². The number of anilines is 2. The maximum atomic E-state index is 13.4. The quantitative estimate of drug-likeness (QED) is 0.254. The molecule has 32 heavy (non-hydrogen) atoms. The zero-order valence-corrected chi connectivity index (χ0v) is 17.9. The summed E-state index contributed by atoms with van der Waals surface area (Å²) in [6, 6.07) is 11.9. The standard InChI is InChI=1S/C23H28F3N3O3/c1-2-29(20-10-7-6-9-19(20)23(24,25)26)18-14-12-17(13-15-18)22(31)27-16-8-4-3-5-11-21(30)28-32/h6-7,9-10,12-15,32H,2-5,8,11,16H2,1H3,(H,27,31)(H,28,30). The molecule has 174 valence electrons. The molecule has 2 rings (SSSR count). The van der Waals surface area contributed by atoms with Crippen LogP contribution in [0.3, 0.4) is 0 Å². The fourth-order valence-corrected chi connectivity index (χ4v) is 3.36. The highest BCUT2D eigenvalue weighted by atomic mass is 19.4. The first kappa shape index (κ1) is 25.2. The van der Waals surface area contributed by atoms with Crippen LogP contribution in [0.4, 0.5) is 24.5 Å². The third-order valence-corrected chi connectivity index (χ3v) is 5.00. The van der Waals surface area contributed by atoms with Gasteiger partial charge in [0.2, 0.25) is 5.91 Å². The van der Waals surface area contributed by atoms with Gasteiger partial charge in [0.25, 0.3) is 5.91 Å². The van der Waals surface area contributed by atoms with E-state index in [4.69, 9.17) is 5.21 Å². The van der Waals surface area contributed by atoms with E-state index in [0.29, 0.717) is 30.8 Å². The maximum absolute atomic E-state index is 13.4. The van der Waals surface area contributed by atoms with Crippen molar-refractivity contribution >= 4 is 23.2 Å². The summed E-state index contributed by atoms with van der Waals surface area (Å²) in [6.45, 7) is 2.58. The zero-order valence-electron chi connectivity index (χ0n) is 17.9. The van der Waals surface area contributed by atoms with Gasteiger partial charge in [-0.25, -0.2) is 5.48 Å². The van der Waals surface area contributed by atoms with Crippen molar-refractivity contribution in [1.29, 1.82) is 0 Å². The van der Waals surface area contributed by atoms with Gasteiger partial charge in [0, 0.05) is 30.8 Å². The average molecular weight is 451 g/mol. The number of benzene rings is 2. The minimum Gasteiger partial charge on any atom is -0.352 e. The van der Waals surface area contributed by atoms with Crippen LogP contribution in [0.1, 0.15) is 54.9 Å². The summed E-state index contributed by atoms with van der Waals surface area (Å²) in [5.74, 6) is -0.666. The molecule has 0 aliphatic carbocycles. The highest BCUT2D eigenvalue weighted by Crippen LogP contribution is 2.38. The van der Waals surface area contributed by atoms with Gasteiger partial charge < -0.3 is 10.2 Å². The van der Waals surface area contributed by atoms with Gasteiger partial charge in [-0.05, 0) is 56.2 Å². The van der Waals surface area contributed by atoms with Gasteiger partial charge in [-0.15, -0.1) is 0 Å². The molecule has 0 radical (unpaired) electrons. The third kappa shape index (κ3) is 7.26. The van der Waals surface area contributed by atoms with Crippen molar-refractivity contribution in [1.82, 2.24) is 10.8 Å². The smallest absolute Gasteiger partial charge is 0.352 e. The van der Waals surface area contributed by atoms with Crippen molar-refractivity contribution in [2.75, 3.05) is 18.0 Å². The fourth-order valence-electron chi connectivity index (χ4n) is 3.36. The van der Waals surface area contributed by atoms with Crippen LogP contribution in [-0.2, 0) is 11.0 Å². The summed E-state index contributed by atoms with van der Waals surface area (Å²) in [5, 5.41) is 11.2. The number of rotatable bonds is 11. The molecule has 9 heteroatoms. The maximum Gasteiger partial charge on any atom is 0.418 e. The van der Waals surface area contributed by atoms with E-state index < -0.39 is 17.6 Å². The molecule has 2 amide bonds. The van der Waals surface area contributed by atoms with Crippen LogP contribution in [0.5, 0.6) is 0 Å². The summed E-state index contributed by atoms with van der Waals surface area (Å²) >= 11 is 0. The normalized spacial score (nSPS) is 11.2. The lowest BCUT2D eigenvalue weighted by molar-refractivity contribution is -0.137. The number of hydrogen-bond acceptors (Lipinski definition) is 4. The number of nitrogens with one attached hydrogen (secondary N) is 2. The summed E-state index contributed by atoms with van der Waals surface area (Å²) in [4.78, 5) is 24.8. The predicted molar refractivity (Wildman–Crippen MR) is 116 cm³/mol. The number of amides is 2. The largest absolute Gasteiger partial charge is 0.418 e. The Morgan fingerprint density at radius 3 is 2.25 bits per heavy atom.